The molecule has 1 aromatic carbocycles. The average Bonchev–Trinajstić information content (AvgIpc) is 2.35. The highest BCUT2D eigenvalue weighted by molar-refractivity contribution is 8.00. The van der Waals surface area contributed by atoms with E-state index < -0.39 is 0 Å². The molecule has 3 N–H and O–H groups in total. The topological polar surface area (TPSA) is 81.4 Å². The molecule has 1 aliphatic heterocycles. The molecule has 2 rings (SSSR count). The van der Waals surface area contributed by atoms with Gasteiger partial charge in [-0.3, -0.25) is 9.59 Å². The lowest BCUT2D eigenvalue weighted by Gasteiger charge is -2.18. The van der Waals surface area contributed by atoms with E-state index in [9.17, 15) is 9.59 Å². The molecule has 0 aromatic heterocycles. The number of nitrogen functional groups attached to an aromatic ring is 1. The Morgan fingerprint density at radius 2 is 2.28 bits per heavy atom. The molecule has 0 spiro atoms. The number of fused-ring (bicyclic) bond motifs is 1. The van der Waals surface area contributed by atoms with Crippen molar-refractivity contribution in [3.8, 4) is 0 Å². The summed E-state index contributed by atoms with van der Waals surface area (Å²) in [5.74, 6) is -0.0476. The largest absolute Gasteiger partial charge is 0.468 e. The summed E-state index contributed by atoms with van der Waals surface area (Å²) in [7, 11) is 1.36. The minimum atomic E-state index is -0.287. The van der Waals surface area contributed by atoms with Crippen molar-refractivity contribution in [1.82, 2.24) is 0 Å². The van der Waals surface area contributed by atoms with Gasteiger partial charge in [-0.05, 0) is 24.1 Å². The van der Waals surface area contributed by atoms with Gasteiger partial charge in [0.1, 0.15) is 0 Å². The van der Waals surface area contributed by atoms with Gasteiger partial charge >= 0.3 is 5.97 Å². The van der Waals surface area contributed by atoms with Gasteiger partial charge in [-0.1, -0.05) is 0 Å². The normalized spacial score (nSPS) is 13.7. The summed E-state index contributed by atoms with van der Waals surface area (Å²) in [6.07, 6.45) is 1.19. The van der Waals surface area contributed by atoms with Crippen molar-refractivity contribution < 1.29 is 14.3 Å². The lowest BCUT2D eigenvalue weighted by Crippen LogP contribution is -2.19. The van der Waals surface area contributed by atoms with E-state index in [4.69, 9.17) is 5.73 Å². The standard InChI is InChI=1S/C12H14N2O3S/c1-17-12(16)6-18-10-4-7-2-3-11(15)14-9(7)5-8(10)13/h4-5H,2-3,6,13H2,1H3,(H,14,15). The van der Waals surface area contributed by atoms with Crippen LogP contribution in [0.3, 0.4) is 0 Å². The molecule has 18 heavy (non-hydrogen) atoms. The van der Waals surface area contributed by atoms with Gasteiger partial charge in [-0.15, -0.1) is 11.8 Å². The van der Waals surface area contributed by atoms with E-state index in [-0.39, 0.29) is 17.6 Å². The predicted molar refractivity (Wildman–Crippen MR) is 70.5 cm³/mol. The van der Waals surface area contributed by atoms with Crippen LogP contribution in [0, 0.1) is 0 Å². The molecule has 1 aliphatic rings. The summed E-state index contributed by atoms with van der Waals surface area (Å²) in [5, 5.41) is 2.78. The van der Waals surface area contributed by atoms with E-state index in [1.807, 2.05) is 6.07 Å². The van der Waals surface area contributed by atoms with E-state index in [0.29, 0.717) is 18.5 Å². The monoisotopic (exact) mass is 266 g/mol. The maximum Gasteiger partial charge on any atom is 0.315 e. The molecule has 96 valence electrons. The fraction of sp³-hybridized carbons (Fsp3) is 0.333. The fourth-order valence-corrected chi connectivity index (χ4v) is 2.59. The fourth-order valence-electron chi connectivity index (χ4n) is 1.74. The van der Waals surface area contributed by atoms with Crippen LogP contribution in [-0.2, 0) is 20.7 Å². The third-order valence-electron chi connectivity index (χ3n) is 2.70. The van der Waals surface area contributed by atoms with Crippen LogP contribution in [0.15, 0.2) is 17.0 Å². The summed E-state index contributed by atoms with van der Waals surface area (Å²) < 4.78 is 4.58. The zero-order valence-corrected chi connectivity index (χ0v) is 10.8. The second kappa shape index (κ2) is 5.30. The molecule has 0 unspecified atom stereocenters. The van der Waals surface area contributed by atoms with E-state index >= 15 is 0 Å². The van der Waals surface area contributed by atoms with Crippen LogP contribution in [0.1, 0.15) is 12.0 Å². The van der Waals surface area contributed by atoms with Gasteiger partial charge in [0.15, 0.2) is 0 Å². The Hall–Kier alpha value is -1.69. The molecule has 0 fully saturated rings. The third-order valence-corrected chi connectivity index (χ3v) is 3.75. The van der Waals surface area contributed by atoms with Gasteiger partial charge < -0.3 is 15.8 Å². The summed E-state index contributed by atoms with van der Waals surface area (Å²) >= 11 is 1.34. The maximum atomic E-state index is 11.3. The summed E-state index contributed by atoms with van der Waals surface area (Å²) in [4.78, 5) is 23.2. The number of amides is 1. The Kier molecular flexibility index (Phi) is 3.76. The van der Waals surface area contributed by atoms with E-state index in [2.05, 4.69) is 10.1 Å². The Morgan fingerprint density at radius 3 is 3.00 bits per heavy atom. The van der Waals surface area contributed by atoms with Crippen LogP contribution in [0.2, 0.25) is 0 Å². The first-order chi connectivity index (χ1) is 8.60. The van der Waals surface area contributed by atoms with Crippen molar-refractivity contribution >= 4 is 35.0 Å². The molecule has 1 aromatic rings. The lowest BCUT2D eigenvalue weighted by molar-refractivity contribution is -0.137. The predicted octanol–water partition coefficient (Wildman–Crippen LogP) is 1.42. The Bertz CT molecular complexity index is 502. The number of esters is 1. The molecular weight excluding hydrogens is 252 g/mol. The summed E-state index contributed by atoms with van der Waals surface area (Å²) in [6, 6.07) is 3.67. The van der Waals surface area contributed by atoms with Gasteiger partial charge in [0.05, 0.1) is 12.9 Å². The zero-order chi connectivity index (χ0) is 13.1. The smallest absolute Gasteiger partial charge is 0.315 e. The van der Waals surface area contributed by atoms with Gasteiger partial charge in [0.2, 0.25) is 5.91 Å². The number of carbonyl (C=O) groups is 2. The highest BCUT2D eigenvalue weighted by atomic mass is 32.2. The first kappa shape index (κ1) is 12.8. The number of anilines is 2. The zero-order valence-electron chi connectivity index (χ0n) is 9.99. The van der Waals surface area contributed by atoms with Crippen molar-refractivity contribution in [1.29, 1.82) is 0 Å². The average molecular weight is 266 g/mol. The number of methoxy groups -OCH3 is 1. The number of hydrogen-bond acceptors (Lipinski definition) is 5. The number of carbonyl (C=O) groups excluding carboxylic acids is 2. The van der Waals surface area contributed by atoms with Gasteiger partial charge in [0, 0.05) is 22.7 Å². The van der Waals surface area contributed by atoms with E-state index in [1.54, 1.807) is 6.07 Å². The van der Waals surface area contributed by atoms with Crippen molar-refractivity contribution in [2.75, 3.05) is 23.9 Å². The first-order valence-electron chi connectivity index (χ1n) is 5.52. The minimum Gasteiger partial charge on any atom is -0.468 e. The quantitative estimate of drug-likeness (QED) is 0.491. The van der Waals surface area contributed by atoms with Gasteiger partial charge in [0.25, 0.3) is 0 Å². The molecule has 1 heterocycles. The minimum absolute atomic E-state index is 0.0110. The summed E-state index contributed by atoms with van der Waals surface area (Å²) in [6.45, 7) is 0. The number of benzene rings is 1. The second-order valence-electron chi connectivity index (χ2n) is 3.96. The second-order valence-corrected chi connectivity index (χ2v) is 4.98. The molecule has 0 bridgehead atoms. The van der Waals surface area contributed by atoms with Crippen LogP contribution < -0.4 is 11.1 Å². The van der Waals surface area contributed by atoms with Crippen LogP contribution in [-0.4, -0.2) is 24.7 Å². The van der Waals surface area contributed by atoms with Crippen molar-refractivity contribution in [2.45, 2.75) is 17.7 Å². The molecule has 0 radical (unpaired) electrons. The molecule has 6 heteroatoms. The van der Waals surface area contributed by atoms with Crippen molar-refractivity contribution in [3.63, 3.8) is 0 Å². The van der Waals surface area contributed by atoms with E-state index in [0.717, 1.165) is 16.1 Å². The van der Waals surface area contributed by atoms with Crippen LogP contribution in [0.5, 0.6) is 0 Å². The SMILES string of the molecule is COC(=O)CSc1cc2c(cc1N)NC(=O)CC2. The molecule has 0 aliphatic carbocycles. The first-order valence-corrected chi connectivity index (χ1v) is 6.50. The molecule has 1 amide bonds. The highest BCUT2D eigenvalue weighted by Gasteiger charge is 2.17. The van der Waals surface area contributed by atoms with Gasteiger partial charge in [-0.2, -0.15) is 0 Å². The highest BCUT2D eigenvalue weighted by Crippen LogP contribution is 2.33. The van der Waals surface area contributed by atoms with Crippen molar-refractivity contribution in [2.24, 2.45) is 0 Å². The lowest BCUT2D eigenvalue weighted by atomic mass is 10.0. The molecule has 0 saturated heterocycles. The molecule has 5 nitrogen and oxygen atoms in total. The van der Waals surface area contributed by atoms with Crippen LogP contribution in [0.4, 0.5) is 11.4 Å². The van der Waals surface area contributed by atoms with E-state index in [1.165, 1.54) is 18.9 Å². The van der Waals surface area contributed by atoms with Crippen LogP contribution in [0.25, 0.3) is 0 Å². The Morgan fingerprint density at radius 1 is 1.50 bits per heavy atom. The number of nitrogens with one attached hydrogen (secondary N) is 1. The number of nitrogens with two attached hydrogens (primary N) is 1. The molecule has 0 atom stereocenters. The molecular formula is C12H14N2O3S. The Labute approximate surface area is 109 Å². The number of rotatable bonds is 3. The van der Waals surface area contributed by atoms with Crippen molar-refractivity contribution in [3.05, 3.63) is 17.7 Å². The number of aryl methyl sites for hydroxylation is 1. The third kappa shape index (κ3) is 2.76. The molecule has 0 saturated carbocycles. The number of hydrogen-bond donors (Lipinski definition) is 2. The summed E-state index contributed by atoms with van der Waals surface area (Å²) in [5.41, 5.74) is 8.28. The number of thioether (sulfide) groups is 1. The number of ether oxygens (including phenoxy) is 1. The Balaban J connectivity index is 2.17. The van der Waals surface area contributed by atoms with Crippen LogP contribution >= 0.6 is 11.8 Å². The maximum absolute atomic E-state index is 11.3. The van der Waals surface area contributed by atoms with Gasteiger partial charge in [-0.25, -0.2) is 0 Å².